The Morgan fingerprint density at radius 3 is 1.38 bits per heavy atom. The summed E-state index contributed by atoms with van der Waals surface area (Å²) in [5.74, 6) is 0. The van der Waals surface area contributed by atoms with E-state index in [0.29, 0.717) is 5.16 Å². The quantitative estimate of drug-likeness (QED) is 0.390. The molecule has 5 nitrogen and oxygen atoms in total. The highest BCUT2D eigenvalue weighted by Crippen LogP contribution is 2.35. The molecule has 0 saturated heterocycles. The molecule has 0 rings (SSSR count). The van der Waals surface area contributed by atoms with Gasteiger partial charge in [-0.25, -0.2) is 0 Å². The molecule has 0 saturated carbocycles. The third-order valence-corrected chi connectivity index (χ3v) is 30.1. The molecule has 0 aliphatic carbocycles. The lowest BCUT2D eigenvalue weighted by Gasteiger charge is -2.44. The van der Waals surface area contributed by atoms with Crippen molar-refractivity contribution in [3.8, 4) is 0 Å². The summed E-state index contributed by atoms with van der Waals surface area (Å²) in [6.07, 6.45) is 0. The summed E-state index contributed by atoms with van der Waals surface area (Å²) in [7, 11) is -9.82. The van der Waals surface area contributed by atoms with Crippen LogP contribution in [0.5, 0.6) is 0 Å². The van der Waals surface area contributed by atoms with Gasteiger partial charge in [0.25, 0.3) is 0 Å². The fourth-order valence-electron chi connectivity index (χ4n) is 3.55. The Morgan fingerprint density at radius 2 is 1.00 bits per heavy atom. The van der Waals surface area contributed by atoms with Gasteiger partial charge < -0.3 is 20.9 Å². The molecule has 0 fully saturated rings. The van der Waals surface area contributed by atoms with Crippen LogP contribution in [0.15, 0.2) is 0 Å². The minimum absolute atomic E-state index is 0.474. The summed E-state index contributed by atoms with van der Waals surface area (Å²) in [5, 5.41) is 0.474. The Balaban J connectivity index is 5.16. The molecule has 1 unspecified atom stereocenters. The van der Waals surface area contributed by atoms with Crippen molar-refractivity contribution >= 4 is 51.4 Å². The molecule has 0 radical (unpaired) electrons. The molecule has 0 bridgehead atoms. The number of rotatable bonds is 11. The zero-order valence-corrected chi connectivity index (χ0v) is 25.9. The smallest absolute Gasteiger partial charge is 0.314 e. The van der Waals surface area contributed by atoms with Crippen molar-refractivity contribution in [3.05, 3.63) is 0 Å². The second kappa shape index (κ2) is 9.28. The van der Waals surface area contributed by atoms with E-state index in [4.69, 9.17) is 20.9 Å². The maximum atomic E-state index is 6.76. The first-order chi connectivity index (χ1) is 11.3. The van der Waals surface area contributed by atoms with Gasteiger partial charge in [0.05, 0.1) is 0 Å². The summed E-state index contributed by atoms with van der Waals surface area (Å²) in [4.78, 5) is 0. The zero-order valence-electron chi connectivity index (χ0n) is 19.7. The van der Waals surface area contributed by atoms with Crippen LogP contribution in [0.3, 0.4) is 0 Å². The lowest BCUT2D eigenvalue weighted by atomic mass is 10.9. The molecule has 0 spiro atoms. The minimum Gasteiger partial charge on any atom is -0.440 e. The van der Waals surface area contributed by atoms with Gasteiger partial charge in [-0.2, -0.15) is 0 Å². The van der Waals surface area contributed by atoms with E-state index in [1.54, 1.807) is 0 Å². The lowest BCUT2D eigenvalue weighted by Crippen LogP contribution is -2.60. The highest BCUT2D eigenvalue weighted by atomic mass is 28.5. The summed E-state index contributed by atoms with van der Waals surface area (Å²) in [6.45, 7) is 28.6. The predicted octanol–water partition coefficient (Wildman–Crippen LogP) is 5.13. The van der Waals surface area contributed by atoms with Crippen molar-refractivity contribution in [1.29, 1.82) is 0 Å². The van der Waals surface area contributed by atoms with Gasteiger partial charge in [0.2, 0.25) is 0 Å². The molecule has 0 aliphatic heterocycles. The van der Waals surface area contributed by atoms with Crippen LogP contribution < -0.4 is 0 Å². The molecule has 158 valence electrons. The zero-order chi connectivity index (χ0) is 21.2. The minimum atomic E-state index is -2.33. The normalized spacial score (nSPS) is 16.3. The molecule has 0 N–H and O–H groups in total. The summed E-state index contributed by atoms with van der Waals surface area (Å²) in [5.41, 5.74) is 0. The van der Waals surface area contributed by atoms with Crippen molar-refractivity contribution in [2.45, 2.75) is 90.7 Å². The molecule has 0 aromatic rings. The van der Waals surface area contributed by atoms with E-state index < -0.39 is 51.4 Å². The highest BCUT2D eigenvalue weighted by Gasteiger charge is 2.49. The first-order valence-corrected chi connectivity index (χ1v) is 26.8. The van der Waals surface area contributed by atoms with E-state index in [1.165, 1.54) is 0 Å². The third kappa shape index (κ3) is 9.54. The van der Waals surface area contributed by atoms with E-state index in [9.17, 15) is 0 Å². The fraction of sp³-hybridized carbons (Fsp3) is 1.00. The van der Waals surface area contributed by atoms with E-state index >= 15 is 0 Å². The van der Waals surface area contributed by atoms with Gasteiger partial charge in [0.1, 0.15) is 0 Å². The number of hydrogen-bond acceptors (Lipinski definition) is 5. The highest BCUT2D eigenvalue weighted by molar-refractivity contribution is 6.96. The van der Waals surface area contributed by atoms with Crippen molar-refractivity contribution in [1.82, 2.24) is 0 Å². The Hall–Kier alpha value is 1.10. The maximum absolute atomic E-state index is 6.76. The van der Waals surface area contributed by atoms with E-state index in [-0.39, 0.29) is 0 Å². The molecule has 1 atom stereocenters. The molecular weight excluding hydrogens is 429 g/mol. The Morgan fingerprint density at radius 1 is 0.615 bits per heavy atom. The molecule has 0 aliphatic rings. The molecule has 0 aromatic carbocycles. The molecule has 11 heteroatoms. The first kappa shape index (κ1) is 27.1. The van der Waals surface area contributed by atoms with E-state index in [1.807, 2.05) is 7.11 Å². The average molecular weight is 473 g/mol. The van der Waals surface area contributed by atoms with Gasteiger partial charge in [0.15, 0.2) is 25.7 Å². The fourth-order valence-corrected chi connectivity index (χ4v) is 33.0. The van der Waals surface area contributed by atoms with Crippen molar-refractivity contribution < 1.29 is 20.9 Å². The second-order valence-electron chi connectivity index (χ2n) is 9.80. The molecule has 26 heavy (non-hydrogen) atoms. The van der Waals surface area contributed by atoms with Gasteiger partial charge in [-0.05, 0) is 83.7 Å². The van der Waals surface area contributed by atoms with E-state index in [2.05, 4.69) is 85.5 Å². The lowest BCUT2D eigenvalue weighted by molar-refractivity contribution is 0.300. The topological polar surface area (TPSA) is 46.2 Å². The SMILES string of the molecule is CO[Si](C)(C)C(C)[Si](C)(C)O[Si](C)(C)O[Si](C)(C)O[Si](C)(C)O[SiH](C)C. The van der Waals surface area contributed by atoms with Gasteiger partial charge >= 0.3 is 25.7 Å². The van der Waals surface area contributed by atoms with Crippen molar-refractivity contribution in [2.75, 3.05) is 7.11 Å². The monoisotopic (exact) mass is 472 g/mol. The molecule has 0 amide bonds. The van der Waals surface area contributed by atoms with Crippen LogP contribution in [-0.2, 0) is 20.9 Å². The van der Waals surface area contributed by atoms with Crippen LogP contribution in [0.1, 0.15) is 6.92 Å². The second-order valence-corrected chi connectivity index (χ2v) is 32.8. The number of hydrogen-bond donors (Lipinski definition) is 0. The third-order valence-electron chi connectivity index (χ3n) is 4.62. The van der Waals surface area contributed by atoms with E-state index in [0.717, 1.165) is 0 Å². The average Bonchev–Trinajstić information content (AvgIpc) is 2.31. The summed E-state index contributed by atoms with van der Waals surface area (Å²) in [6, 6.07) is 0. The first-order valence-electron chi connectivity index (χ1n) is 9.59. The Bertz CT molecular complexity index is 454. The van der Waals surface area contributed by atoms with Crippen LogP contribution in [0.4, 0.5) is 0 Å². The van der Waals surface area contributed by atoms with Crippen LogP contribution in [0.25, 0.3) is 0 Å². The van der Waals surface area contributed by atoms with Crippen LogP contribution in [0.2, 0.25) is 83.7 Å². The van der Waals surface area contributed by atoms with Crippen molar-refractivity contribution in [2.24, 2.45) is 0 Å². The maximum Gasteiger partial charge on any atom is 0.314 e. The predicted molar refractivity (Wildman–Crippen MR) is 127 cm³/mol. The molecule has 0 aromatic heterocycles. The van der Waals surface area contributed by atoms with Gasteiger partial charge in [-0.15, -0.1) is 0 Å². The summed E-state index contributed by atoms with van der Waals surface area (Å²) < 4.78 is 31.8. The Labute approximate surface area is 169 Å². The van der Waals surface area contributed by atoms with Crippen LogP contribution in [0, 0.1) is 0 Å². The molecular formula is C15H44O5Si6. The van der Waals surface area contributed by atoms with Gasteiger partial charge in [-0.3, -0.25) is 0 Å². The van der Waals surface area contributed by atoms with Crippen LogP contribution in [-0.4, -0.2) is 58.5 Å². The largest absolute Gasteiger partial charge is 0.440 e. The standard InChI is InChI=1S/C15H44O5Si6/c1-15(22(5,6)16-2)23(7,8)18-25(11,12)20-26(13,14)19-24(9,10)17-21(3)4/h15,21H,1-14H3. The van der Waals surface area contributed by atoms with Crippen molar-refractivity contribution in [3.63, 3.8) is 0 Å². The Kier molecular flexibility index (Phi) is 9.67. The summed E-state index contributed by atoms with van der Waals surface area (Å²) >= 11 is 0. The van der Waals surface area contributed by atoms with Gasteiger partial charge in [-0.1, -0.05) is 6.92 Å². The van der Waals surface area contributed by atoms with Gasteiger partial charge in [0, 0.05) is 7.11 Å². The molecule has 0 heterocycles. The van der Waals surface area contributed by atoms with Crippen LogP contribution >= 0.6 is 0 Å².